The minimum Gasteiger partial charge on any atom is -0.507 e. The van der Waals surface area contributed by atoms with Gasteiger partial charge in [0, 0.05) is 16.3 Å². The number of carbonyl (C=O) groups excluding carboxylic acids is 2. The van der Waals surface area contributed by atoms with Gasteiger partial charge in [-0.2, -0.15) is 0 Å². The van der Waals surface area contributed by atoms with Crippen LogP contribution in [0.4, 0.5) is 5.13 Å². The third-order valence-electron chi connectivity index (χ3n) is 6.90. The number of halogens is 1. The summed E-state index contributed by atoms with van der Waals surface area (Å²) in [7, 11) is 0. The summed E-state index contributed by atoms with van der Waals surface area (Å²) in [5.41, 5.74) is 2.01. The van der Waals surface area contributed by atoms with E-state index in [1.807, 2.05) is 49.4 Å². The molecule has 1 fully saturated rings. The molecule has 3 aromatic carbocycles. The molecule has 228 valence electrons. The fourth-order valence-electron chi connectivity index (χ4n) is 4.65. The van der Waals surface area contributed by atoms with E-state index in [0.717, 1.165) is 12.0 Å². The van der Waals surface area contributed by atoms with Crippen LogP contribution in [0.5, 0.6) is 11.5 Å². The largest absolute Gasteiger partial charge is 0.507 e. The van der Waals surface area contributed by atoms with Gasteiger partial charge in [-0.3, -0.25) is 14.5 Å². The summed E-state index contributed by atoms with van der Waals surface area (Å²) in [6, 6.07) is 20.6. The van der Waals surface area contributed by atoms with E-state index in [-0.39, 0.29) is 16.5 Å². The van der Waals surface area contributed by atoms with Crippen LogP contribution in [0.15, 0.2) is 82.7 Å². The SMILES string of the molecule is CCOc1ccc(C(O)=C2C(=O)C(=O)N(c3nnc(SCc4ccc(Cl)cc4)s3)C2c2cccc(OCCC(C)C)c2)cc1. The average Bonchev–Trinajstić information content (AvgIpc) is 3.59. The molecule has 1 amide bonds. The lowest BCUT2D eigenvalue weighted by molar-refractivity contribution is -0.132. The number of carbonyl (C=O) groups is 2. The van der Waals surface area contributed by atoms with Crippen LogP contribution in [0, 0.1) is 5.92 Å². The highest BCUT2D eigenvalue weighted by molar-refractivity contribution is 8.00. The Morgan fingerprint density at radius 1 is 1.02 bits per heavy atom. The van der Waals surface area contributed by atoms with Crippen molar-refractivity contribution in [2.24, 2.45) is 5.92 Å². The van der Waals surface area contributed by atoms with Crippen molar-refractivity contribution in [3.63, 3.8) is 0 Å². The van der Waals surface area contributed by atoms with E-state index in [4.69, 9.17) is 21.1 Å². The molecule has 1 atom stereocenters. The highest BCUT2D eigenvalue weighted by Gasteiger charge is 2.48. The van der Waals surface area contributed by atoms with Gasteiger partial charge in [0.2, 0.25) is 5.13 Å². The van der Waals surface area contributed by atoms with Crippen LogP contribution in [0.3, 0.4) is 0 Å². The molecule has 2 heterocycles. The molecule has 0 spiro atoms. The van der Waals surface area contributed by atoms with Crippen molar-refractivity contribution in [2.75, 3.05) is 18.1 Å². The van der Waals surface area contributed by atoms with Crippen LogP contribution >= 0.6 is 34.7 Å². The Morgan fingerprint density at radius 3 is 2.48 bits per heavy atom. The smallest absolute Gasteiger partial charge is 0.301 e. The number of hydrogen-bond acceptors (Lipinski definition) is 9. The molecule has 1 N–H and O–H groups in total. The molecule has 0 bridgehead atoms. The molecule has 1 unspecified atom stereocenters. The number of thioether (sulfide) groups is 1. The van der Waals surface area contributed by atoms with Gasteiger partial charge in [0.1, 0.15) is 17.3 Å². The van der Waals surface area contributed by atoms with Gasteiger partial charge in [-0.15, -0.1) is 10.2 Å². The Bertz CT molecular complexity index is 1650. The number of aromatic nitrogens is 2. The van der Waals surface area contributed by atoms with Crippen LogP contribution in [-0.4, -0.2) is 40.2 Å². The Labute approximate surface area is 269 Å². The summed E-state index contributed by atoms with van der Waals surface area (Å²) in [4.78, 5) is 28.6. The second-order valence-corrected chi connectivity index (χ2v) is 13.1. The molecule has 0 radical (unpaired) electrons. The van der Waals surface area contributed by atoms with E-state index in [2.05, 4.69) is 24.0 Å². The monoisotopic (exact) mass is 649 g/mol. The first kappa shape index (κ1) is 31.6. The van der Waals surface area contributed by atoms with Crippen molar-refractivity contribution in [3.05, 3.63) is 100 Å². The Morgan fingerprint density at radius 2 is 1.77 bits per heavy atom. The standard InChI is InChI=1S/C33H32ClN3O5S2/c1-4-41-25-14-10-22(11-15-25)29(38)27-28(23-6-5-7-26(18-23)42-17-16-20(2)3)37(31(40)30(27)39)32-35-36-33(44-32)43-19-21-8-12-24(34)13-9-21/h5-15,18,20,28,38H,4,16-17,19H2,1-3H3. The summed E-state index contributed by atoms with van der Waals surface area (Å²) < 4.78 is 12.2. The third kappa shape index (κ3) is 7.26. The van der Waals surface area contributed by atoms with Crippen molar-refractivity contribution in [2.45, 2.75) is 43.3 Å². The number of Topliss-reactive ketones (excluding diaryl/α,β-unsaturated/α-hetero) is 1. The van der Waals surface area contributed by atoms with Gasteiger partial charge in [0.25, 0.3) is 5.78 Å². The number of rotatable bonds is 12. The minimum atomic E-state index is -0.947. The van der Waals surface area contributed by atoms with Gasteiger partial charge in [0.05, 0.1) is 24.8 Å². The zero-order valence-corrected chi connectivity index (χ0v) is 26.9. The van der Waals surface area contributed by atoms with Crippen LogP contribution < -0.4 is 14.4 Å². The molecular weight excluding hydrogens is 618 g/mol. The number of hydrogen-bond donors (Lipinski definition) is 1. The number of nitrogens with zero attached hydrogens (tertiary/aromatic N) is 3. The van der Waals surface area contributed by atoms with Gasteiger partial charge in [-0.1, -0.05) is 72.8 Å². The minimum absolute atomic E-state index is 0.0379. The number of amides is 1. The van der Waals surface area contributed by atoms with Crippen LogP contribution in [-0.2, 0) is 15.3 Å². The zero-order chi connectivity index (χ0) is 31.2. The second-order valence-electron chi connectivity index (χ2n) is 10.5. The van der Waals surface area contributed by atoms with Crippen molar-refractivity contribution in [1.82, 2.24) is 10.2 Å². The number of ether oxygens (including phenoxy) is 2. The quantitative estimate of drug-likeness (QED) is 0.0543. The molecule has 0 saturated carbocycles. The van der Waals surface area contributed by atoms with E-state index in [0.29, 0.717) is 56.9 Å². The lowest BCUT2D eigenvalue weighted by Crippen LogP contribution is -2.29. The van der Waals surface area contributed by atoms with E-state index >= 15 is 0 Å². The maximum absolute atomic E-state index is 13.6. The molecule has 8 nitrogen and oxygen atoms in total. The van der Waals surface area contributed by atoms with Crippen molar-refractivity contribution in [3.8, 4) is 11.5 Å². The van der Waals surface area contributed by atoms with Gasteiger partial charge in [-0.05, 0) is 78.9 Å². The van der Waals surface area contributed by atoms with Crippen molar-refractivity contribution in [1.29, 1.82) is 0 Å². The number of ketones is 1. The van der Waals surface area contributed by atoms with Crippen molar-refractivity contribution >= 4 is 57.3 Å². The average molecular weight is 650 g/mol. The molecule has 5 rings (SSSR count). The van der Waals surface area contributed by atoms with Crippen LogP contribution in [0.2, 0.25) is 5.02 Å². The number of benzene rings is 3. The number of aliphatic hydroxyl groups is 1. The molecule has 44 heavy (non-hydrogen) atoms. The van der Waals surface area contributed by atoms with Gasteiger partial charge in [-0.25, -0.2) is 0 Å². The highest BCUT2D eigenvalue weighted by atomic mass is 35.5. The predicted molar refractivity (Wildman–Crippen MR) is 175 cm³/mol. The fourth-order valence-corrected chi connectivity index (χ4v) is 6.60. The summed E-state index contributed by atoms with van der Waals surface area (Å²) in [6.07, 6.45) is 0.877. The molecule has 1 aliphatic heterocycles. The van der Waals surface area contributed by atoms with Crippen LogP contribution in [0.1, 0.15) is 49.9 Å². The second kappa shape index (κ2) is 14.3. The molecule has 1 saturated heterocycles. The Hall–Kier alpha value is -3.86. The molecule has 1 aliphatic rings. The van der Waals surface area contributed by atoms with Gasteiger partial charge in [0.15, 0.2) is 4.34 Å². The topological polar surface area (TPSA) is 102 Å². The first-order chi connectivity index (χ1) is 21.2. The molecule has 0 aliphatic carbocycles. The number of anilines is 1. The molecule has 11 heteroatoms. The molecule has 1 aromatic heterocycles. The maximum atomic E-state index is 13.6. The first-order valence-corrected chi connectivity index (χ1v) is 16.4. The van der Waals surface area contributed by atoms with Gasteiger partial charge >= 0.3 is 5.91 Å². The van der Waals surface area contributed by atoms with Crippen LogP contribution in [0.25, 0.3) is 5.76 Å². The van der Waals surface area contributed by atoms with E-state index in [1.165, 1.54) is 28.0 Å². The lowest BCUT2D eigenvalue weighted by Gasteiger charge is -2.23. The Balaban J connectivity index is 1.51. The Kier molecular flexibility index (Phi) is 10.2. The van der Waals surface area contributed by atoms with Gasteiger partial charge < -0.3 is 14.6 Å². The first-order valence-electron chi connectivity index (χ1n) is 14.2. The summed E-state index contributed by atoms with van der Waals surface area (Å²) in [5, 5.41) is 21.0. The zero-order valence-electron chi connectivity index (χ0n) is 24.5. The third-order valence-corrected chi connectivity index (χ3v) is 9.28. The maximum Gasteiger partial charge on any atom is 0.301 e. The lowest BCUT2D eigenvalue weighted by atomic mass is 9.95. The molecule has 4 aromatic rings. The van der Waals surface area contributed by atoms with E-state index in [9.17, 15) is 14.7 Å². The number of aliphatic hydroxyl groups excluding tert-OH is 1. The summed E-state index contributed by atoms with van der Waals surface area (Å²) in [5.74, 6) is 0.449. The predicted octanol–water partition coefficient (Wildman–Crippen LogP) is 7.93. The normalized spacial score (nSPS) is 16.1. The highest BCUT2D eigenvalue weighted by Crippen LogP contribution is 2.44. The molecular formula is C33H32ClN3O5S2. The fraction of sp³-hybridized carbons (Fsp3) is 0.273. The summed E-state index contributed by atoms with van der Waals surface area (Å²) >= 11 is 8.68. The summed E-state index contributed by atoms with van der Waals surface area (Å²) in [6.45, 7) is 7.15. The van der Waals surface area contributed by atoms with Crippen molar-refractivity contribution < 1.29 is 24.2 Å². The van der Waals surface area contributed by atoms with E-state index < -0.39 is 17.7 Å². The van der Waals surface area contributed by atoms with E-state index in [1.54, 1.807) is 30.3 Å².